The van der Waals surface area contributed by atoms with E-state index in [0.29, 0.717) is 32.6 Å². The molecule has 1 N–H and O–H groups in total. The summed E-state index contributed by atoms with van der Waals surface area (Å²) < 4.78 is 14.9. The van der Waals surface area contributed by atoms with Gasteiger partial charge < -0.3 is 5.32 Å². The third-order valence-electron chi connectivity index (χ3n) is 5.01. The fraction of sp³-hybridized carbons (Fsp3) is 0.160. The number of para-hydroxylation sites is 1. The van der Waals surface area contributed by atoms with Gasteiger partial charge in [-0.2, -0.15) is 0 Å². The maximum atomic E-state index is 13.4. The first-order valence-electron chi connectivity index (χ1n) is 10.4. The molecular formula is C25H22FN3O2S2. The van der Waals surface area contributed by atoms with E-state index in [1.165, 1.54) is 40.2 Å². The van der Waals surface area contributed by atoms with Crippen LogP contribution in [0.2, 0.25) is 0 Å². The molecule has 0 aliphatic rings. The van der Waals surface area contributed by atoms with Crippen LogP contribution in [0.4, 0.5) is 4.39 Å². The second-order valence-corrected chi connectivity index (χ2v) is 9.63. The van der Waals surface area contributed by atoms with Gasteiger partial charge in [-0.05, 0) is 48.9 Å². The third kappa shape index (κ3) is 5.64. The summed E-state index contributed by atoms with van der Waals surface area (Å²) in [5.41, 5.74) is 1.98. The molecular weight excluding hydrogens is 457 g/mol. The minimum Gasteiger partial charge on any atom is -0.349 e. The average Bonchev–Trinajstić information content (AvgIpc) is 2.83. The Labute approximate surface area is 199 Å². The van der Waals surface area contributed by atoms with Gasteiger partial charge in [-0.15, -0.1) is 11.8 Å². The number of amides is 1. The molecule has 4 aromatic rings. The Balaban J connectivity index is 1.46. The minimum absolute atomic E-state index is 0.0562. The number of hydrogen-bond donors (Lipinski definition) is 1. The number of aromatic nitrogens is 2. The molecule has 0 spiro atoms. The lowest BCUT2D eigenvalue weighted by molar-refractivity contribution is -0.119. The summed E-state index contributed by atoms with van der Waals surface area (Å²) >= 11 is 2.82. The highest BCUT2D eigenvalue weighted by Crippen LogP contribution is 2.25. The summed E-state index contributed by atoms with van der Waals surface area (Å²) in [6.45, 7) is 1.95. The lowest BCUT2D eigenvalue weighted by Gasteiger charge is -2.15. The van der Waals surface area contributed by atoms with Crippen molar-refractivity contribution < 1.29 is 9.18 Å². The highest BCUT2D eigenvalue weighted by atomic mass is 32.2. The molecule has 0 bridgehead atoms. The third-order valence-corrected chi connectivity index (χ3v) is 7.15. The molecule has 0 fully saturated rings. The van der Waals surface area contributed by atoms with Gasteiger partial charge in [-0.3, -0.25) is 14.2 Å². The fourth-order valence-electron chi connectivity index (χ4n) is 3.36. The van der Waals surface area contributed by atoms with E-state index >= 15 is 0 Å². The average molecular weight is 480 g/mol. The van der Waals surface area contributed by atoms with Crippen LogP contribution in [-0.2, 0) is 4.79 Å². The number of nitrogens with one attached hydrogen (secondary N) is 1. The Bertz CT molecular complexity index is 1310. The molecule has 0 saturated heterocycles. The van der Waals surface area contributed by atoms with Gasteiger partial charge in [0, 0.05) is 5.08 Å². The van der Waals surface area contributed by atoms with Crippen molar-refractivity contribution in [3.05, 3.63) is 101 Å². The molecule has 33 heavy (non-hydrogen) atoms. The van der Waals surface area contributed by atoms with Crippen molar-refractivity contribution >= 4 is 40.3 Å². The first-order valence-corrected chi connectivity index (χ1v) is 12.5. The number of benzene rings is 3. The smallest absolute Gasteiger partial charge is 0.266 e. The molecule has 168 valence electrons. The van der Waals surface area contributed by atoms with Crippen molar-refractivity contribution in [1.29, 1.82) is 0 Å². The SMILES string of the molecule is CC(NC(=O)CSCSc1nc2ccccc2c(=O)n1-c1ccc(F)cc1)c1ccccc1. The van der Waals surface area contributed by atoms with Crippen LogP contribution < -0.4 is 10.9 Å². The number of carbonyl (C=O) groups excluding carboxylic acids is 1. The number of fused-ring (bicyclic) bond motifs is 1. The summed E-state index contributed by atoms with van der Waals surface area (Å²) in [4.78, 5) is 30.2. The predicted octanol–water partition coefficient (Wildman–Crippen LogP) is 5.19. The number of halogens is 1. The van der Waals surface area contributed by atoms with Crippen LogP contribution >= 0.6 is 23.5 Å². The van der Waals surface area contributed by atoms with Crippen LogP contribution in [0, 0.1) is 5.82 Å². The van der Waals surface area contributed by atoms with Crippen molar-refractivity contribution in [3.63, 3.8) is 0 Å². The fourth-order valence-corrected chi connectivity index (χ4v) is 5.20. The summed E-state index contributed by atoms with van der Waals surface area (Å²) in [5, 5.41) is 4.51. The van der Waals surface area contributed by atoms with E-state index in [0.717, 1.165) is 5.56 Å². The first kappa shape index (κ1) is 23.1. The zero-order valence-electron chi connectivity index (χ0n) is 17.9. The number of rotatable bonds is 8. The summed E-state index contributed by atoms with van der Waals surface area (Å²) in [6.07, 6.45) is 0. The molecule has 0 radical (unpaired) electrons. The Kier molecular flexibility index (Phi) is 7.47. The lowest BCUT2D eigenvalue weighted by Crippen LogP contribution is -2.28. The zero-order valence-corrected chi connectivity index (χ0v) is 19.5. The van der Waals surface area contributed by atoms with E-state index in [4.69, 9.17) is 0 Å². The molecule has 3 aromatic carbocycles. The van der Waals surface area contributed by atoms with E-state index in [1.54, 1.807) is 30.3 Å². The highest BCUT2D eigenvalue weighted by molar-refractivity contribution is 8.16. The quantitative estimate of drug-likeness (QED) is 0.163. The highest BCUT2D eigenvalue weighted by Gasteiger charge is 2.14. The van der Waals surface area contributed by atoms with Crippen LogP contribution in [0.15, 0.2) is 88.8 Å². The van der Waals surface area contributed by atoms with Gasteiger partial charge in [0.1, 0.15) is 5.82 Å². The summed E-state index contributed by atoms with van der Waals surface area (Å²) in [7, 11) is 0. The Morgan fingerprint density at radius 1 is 1.03 bits per heavy atom. The van der Waals surface area contributed by atoms with Crippen LogP contribution in [0.3, 0.4) is 0 Å². The first-order chi connectivity index (χ1) is 16.0. The molecule has 1 aromatic heterocycles. The van der Waals surface area contributed by atoms with Gasteiger partial charge in [0.2, 0.25) is 5.91 Å². The molecule has 1 heterocycles. The molecule has 5 nitrogen and oxygen atoms in total. The second kappa shape index (κ2) is 10.7. The molecule has 1 atom stereocenters. The van der Waals surface area contributed by atoms with Gasteiger partial charge >= 0.3 is 0 Å². The topological polar surface area (TPSA) is 64.0 Å². The van der Waals surface area contributed by atoms with Crippen molar-refractivity contribution in [2.24, 2.45) is 0 Å². The van der Waals surface area contributed by atoms with Gasteiger partial charge in [0.25, 0.3) is 5.56 Å². The standard InChI is InChI=1S/C25H22FN3O2S2/c1-17(18-7-3-2-4-8-18)27-23(30)15-32-16-33-25-28-22-10-6-5-9-21(22)24(31)29(25)20-13-11-19(26)12-14-20/h2-14,17H,15-16H2,1H3,(H,27,30). The van der Waals surface area contributed by atoms with E-state index < -0.39 is 0 Å². The zero-order chi connectivity index (χ0) is 23.2. The Morgan fingerprint density at radius 3 is 2.48 bits per heavy atom. The molecule has 0 saturated carbocycles. The molecule has 1 amide bonds. The molecule has 1 unspecified atom stereocenters. The molecule has 8 heteroatoms. The maximum absolute atomic E-state index is 13.4. The van der Waals surface area contributed by atoms with Crippen molar-refractivity contribution in [2.75, 3.05) is 10.8 Å². The van der Waals surface area contributed by atoms with Gasteiger partial charge in [0.05, 0.1) is 28.4 Å². The van der Waals surface area contributed by atoms with Gasteiger partial charge in [-0.1, -0.05) is 54.2 Å². The van der Waals surface area contributed by atoms with Gasteiger partial charge in [0.15, 0.2) is 5.16 Å². The minimum atomic E-state index is -0.374. The number of hydrogen-bond acceptors (Lipinski definition) is 5. The number of nitrogens with zero attached hydrogens (tertiary/aromatic N) is 2. The monoisotopic (exact) mass is 479 g/mol. The van der Waals surface area contributed by atoms with Crippen LogP contribution in [-0.4, -0.2) is 26.3 Å². The van der Waals surface area contributed by atoms with E-state index in [2.05, 4.69) is 10.3 Å². The Hall–Kier alpha value is -3.10. The second-order valence-electron chi connectivity index (χ2n) is 7.34. The van der Waals surface area contributed by atoms with Crippen molar-refractivity contribution in [1.82, 2.24) is 14.9 Å². The van der Waals surface area contributed by atoms with Crippen LogP contribution in [0.1, 0.15) is 18.5 Å². The normalized spacial score (nSPS) is 11.9. The van der Waals surface area contributed by atoms with Crippen LogP contribution in [0.25, 0.3) is 16.6 Å². The predicted molar refractivity (Wildman–Crippen MR) is 133 cm³/mol. The molecule has 0 aliphatic heterocycles. The molecule has 4 rings (SSSR count). The van der Waals surface area contributed by atoms with Gasteiger partial charge in [-0.25, -0.2) is 9.37 Å². The van der Waals surface area contributed by atoms with Crippen LogP contribution in [0.5, 0.6) is 0 Å². The van der Waals surface area contributed by atoms with E-state index in [1.807, 2.05) is 43.3 Å². The number of thioether (sulfide) groups is 2. The van der Waals surface area contributed by atoms with Crippen molar-refractivity contribution in [2.45, 2.75) is 18.1 Å². The van der Waals surface area contributed by atoms with Crippen molar-refractivity contribution in [3.8, 4) is 5.69 Å². The number of carbonyl (C=O) groups is 1. The summed E-state index contributed by atoms with van der Waals surface area (Å²) in [5.74, 6) is -0.140. The maximum Gasteiger partial charge on any atom is 0.266 e. The molecule has 0 aliphatic carbocycles. The van der Waals surface area contributed by atoms with E-state index in [-0.39, 0.29) is 23.3 Å². The van der Waals surface area contributed by atoms with E-state index in [9.17, 15) is 14.0 Å². The largest absolute Gasteiger partial charge is 0.349 e. The summed E-state index contributed by atoms with van der Waals surface area (Å²) in [6, 6.07) is 22.6. The lowest BCUT2D eigenvalue weighted by atomic mass is 10.1. The Morgan fingerprint density at radius 2 is 1.73 bits per heavy atom.